The van der Waals surface area contributed by atoms with Gasteiger partial charge in [-0.1, -0.05) is 28.4 Å². The van der Waals surface area contributed by atoms with Crippen molar-refractivity contribution in [3.8, 4) is 0 Å². The van der Waals surface area contributed by atoms with E-state index in [1.807, 2.05) is 24.3 Å². The van der Waals surface area contributed by atoms with Crippen LogP contribution in [0.4, 0.5) is 5.69 Å². The number of carbonyl (C=O) groups excluding carboxylic acids is 1. The number of anilines is 1. The van der Waals surface area contributed by atoms with Crippen LogP contribution in [0.3, 0.4) is 0 Å². The molecule has 2 fully saturated rings. The van der Waals surface area contributed by atoms with Gasteiger partial charge in [0.05, 0.1) is 0 Å². The highest BCUT2D eigenvalue weighted by Crippen LogP contribution is 2.49. The smallest absolute Gasteiger partial charge is 0.224 e. The van der Waals surface area contributed by atoms with Crippen molar-refractivity contribution < 1.29 is 4.79 Å². The molecule has 0 saturated heterocycles. The highest BCUT2D eigenvalue weighted by molar-refractivity contribution is 9.10. The molecular formula is C15H18BrNO. The maximum absolute atomic E-state index is 12.0. The Labute approximate surface area is 116 Å². The highest BCUT2D eigenvalue weighted by atomic mass is 79.9. The summed E-state index contributed by atoms with van der Waals surface area (Å²) in [6, 6.07) is 7.78. The van der Waals surface area contributed by atoms with Crippen molar-refractivity contribution in [1.82, 2.24) is 0 Å². The molecule has 2 aliphatic carbocycles. The van der Waals surface area contributed by atoms with Gasteiger partial charge in [0.2, 0.25) is 5.91 Å². The lowest BCUT2D eigenvalue weighted by Crippen LogP contribution is -2.20. The SMILES string of the molecule is O=C(C[C@@H]1C[C@@H]2CC[C@@H]1C2)Nc1cccc(Br)c1. The fraction of sp³-hybridized carbons (Fsp3) is 0.533. The first kappa shape index (κ1) is 12.2. The van der Waals surface area contributed by atoms with Crippen molar-refractivity contribution in [1.29, 1.82) is 0 Å². The average Bonchev–Trinajstić information content (AvgIpc) is 2.90. The molecule has 2 aliphatic rings. The first-order chi connectivity index (χ1) is 8.70. The van der Waals surface area contributed by atoms with Crippen LogP contribution in [0.5, 0.6) is 0 Å². The molecule has 0 unspecified atom stereocenters. The number of hydrogen-bond donors (Lipinski definition) is 1. The molecule has 1 N–H and O–H groups in total. The van der Waals surface area contributed by atoms with E-state index in [0.717, 1.165) is 22.0 Å². The minimum Gasteiger partial charge on any atom is -0.326 e. The molecule has 3 heteroatoms. The molecule has 18 heavy (non-hydrogen) atoms. The Morgan fingerprint density at radius 2 is 2.22 bits per heavy atom. The summed E-state index contributed by atoms with van der Waals surface area (Å²) in [6.45, 7) is 0. The summed E-state index contributed by atoms with van der Waals surface area (Å²) in [5, 5.41) is 3.00. The van der Waals surface area contributed by atoms with Crippen LogP contribution in [0.15, 0.2) is 28.7 Å². The van der Waals surface area contributed by atoms with Gasteiger partial charge in [0.1, 0.15) is 0 Å². The van der Waals surface area contributed by atoms with Crippen LogP contribution >= 0.6 is 15.9 Å². The van der Waals surface area contributed by atoms with Gasteiger partial charge in [-0.25, -0.2) is 0 Å². The van der Waals surface area contributed by atoms with Crippen LogP contribution in [0.1, 0.15) is 32.1 Å². The maximum atomic E-state index is 12.0. The number of carbonyl (C=O) groups is 1. The number of hydrogen-bond acceptors (Lipinski definition) is 1. The summed E-state index contributed by atoms with van der Waals surface area (Å²) in [5.41, 5.74) is 0.887. The third-order valence-electron chi connectivity index (χ3n) is 4.44. The topological polar surface area (TPSA) is 29.1 Å². The Balaban J connectivity index is 1.56. The number of halogens is 1. The van der Waals surface area contributed by atoms with Crippen LogP contribution in [0.2, 0.25) is 0 Å². The number of nitrogens with one attached hydrogen (secondary N) is 1. The lowest BCUT2D eigenvalue weighted by atomic mass is 9.86. The minimum absolute atomic E-state index is 0.172. The molecule has 2 bridgehead atoms. The molecule has 1 amide bonds. The highest BCUT2D eigenvalue weighted by Gasteiger charge is 2.40. The van der Waals surface area contributed by atoms with E-state index < -0.39 is 0 Å². The molecule has 96 valence electrons. The molecule has 0 radical (unpaired) electrons. The van der Waals surface area contributed by atoms with Crippen molar-refractivity contribution in [3.63, 3.8) is 0 Å². The zero-order valence-corrected chi connectivity index (χ0v) is 11.9. The quantitative estimate of drug-likeness (QED) is 0.890. The second-order valence-corrected chi connectivity index (χ2v) is 6.61. The molecule has 0 spiro atoms. The van der Waals surface area contributed by atoms with E-state index in [-0.39, 0.29) is 5.91 Å². The predicted molar refractivity (Wildman–Crippen MR) is 76.3 cm³/mol. The fourth-order valence-electron chi connectivity index (χ4n) is 3.64. The Morgan fingerprint density at radius 3 is 2.89 bits per heavy atom. The first-order valence-electron chi connectivity index (χ1n) is 6.76. The molecule has 0 heterocycles. The van der Waals surface area contributed by atoms with Crippen LogP contribution in [0.25, 0.3) is 0 Å². The minimum atomic E-state index is 0.172. The van der Waals surface area contributed by atoms with Gasteiger partial charge in [0.25, 0.3) is 0 Å². The zero-order chi connectivity index (χ0) is 12.5. The number of amides is 1. The van der Waals surface area contributed by atoms with E-state index in [0.29, 0.717) is 12.3 Å². The van der Waals surface area contributed by atoms with E-state index in [9.17, 15) is 4.79 Å². The van der Waals surface area contributed by atoms with Gasteiger partial charge >= 0.3 is 0 Å². The third-order valence-corrected chi connectivity index (χ3v) is 4.93. The Hall–Kier alpha value is -0.830. The van der Waals surface area contributed by atoms with Crippen LogP contribution in [-0.4, -0.2) is 5.91 Å². The summed E-state index contributed by atoms with van der Waals surface area (Å²) in [5.74, 6) is 2.54. The van der Waals surface area contributed by atoms with E-state index in [1.54, 1.807) is 0 Å². The van der Waals surface area contributed by atoms with Gasteiger partial charge in [-0.2, -0.15) is 0 Å². The fourth-order valence-corrected chi connectivity index (χ4v) is 4.04. The normalized spacial score (nSPS) is 29.5. The van der Waals surface area contributed by atoms with Gasteiger partial charge in [0, 0.05) is 16.6 Å². The number of benzene rings is 1. The summed E-state index contributed by atoms with van der Waals surface area (Å²) < 4.78 is 1.00. The van der Waals surface area contributed by atoms with Gasteiger partial charge in [-0.3, -0.25) is 4.79 Å². The first-order valence-corrected chi connectivity index (χ1v) is 7.55. The standard InChI is InChI=1S/C15H18BrNO/c16-13-2-1-3-14(9-13)17-15(18)8-12-7-10-4-5-11(12)6-10/h1-3,9-12H,4-8H2,(H,17,18)/t10-,11-,12+/m1/s1. The monoisotopic (exact) mass is 307 g/mol. The Kier molecular flexibility index (Phi) is 3.42. The lowest BCUT2D eigenvalue weighted by Gasteiger charge is -2.20. The third kappa shape index (κ3) is 2.61. The van der Waals surface area contributed by atoms with Crippen molar-refractivity contribution in [2.24, 2.45) is 17.8 Å². The molecule has 2 saturated carbocycles. The molecule has 3 atom stereocenters. The number of rotatable bonds is 3. The van der Waals surface area contributed by atoms with Crippen LogP contribution < -0.4 is 5.32 Å². The predicted octanol–water partition coefficient (Wildman–Crippen LogP) is 4.21. The van der Waals surface area contributed by atoms with Gasteiger partial charge in [-0.15, -0.1) is 0 Å². The average molecular weight is 308 g/mol. The summed E-state index contributed by atoms with van der Waals surface area (Å²) in [7, 11) is 0. The van der Waals surface area contributed by atoms with Crippen molar-refractivity contribution >= 4 is 27.5 Å². The second-order valence-electron chi connectivity index (χ2n) is 5.70. The summed E-state index contributed by atoms with van der Waals surface area (Å²) in [4.78, 5) is 12.0. The van der Waals surface area contributed by atoms with Gasteiger partial charge in [-0.05, 0) is 55.2 Å². The maximum Gasteiger partial charge on any atom is 0.224 e. The molecule has 0 aromatic heterocycles. The van der Waals surface area contributed by atoms with E-state index in [2.05, 4.69) is 21.2 Å². The zero-order valence-electron chi connectivity index (χ0n) is 10.4. The summed E-state index contributed by atoms with van der Waals surface area (Å²) in [6.07, 6.45) is 6.09. The summed E-state index contributed by atoms with van der Waals surface area (Å²) >= 11 is 3.42. The van der Waals surface area contributed by atoms with Crippen LogP contribution in [-0.2, 0) is 4.79 Å². The van der Waals surface area contributed by atoms with Gasteiger partial charge in [0.15, 0.2) is 0 Å². The second kappa shape index (κ2) is 5.04. The van der Waals surface area contributed by atoms with Crippen LogP contribution in [0, 0.1) is 17.8 Å². The molecule has 2 nitrogen and oxygen atoms in total. The molecular weight excluding hydrogens is 290 g/mol. The Bertz CT molecular complexity index is 460. The van der Waals surface area contributed by atoms with E-state index in [1.165, 1.54) is 25.7 Å². The van der Waals surface area contributed by atoms with Crippen molar-refractivity contribution in [2.45, 2.75) is 32.1 Å². The lowest BCUT2D eigenvalue weighted by molar-refractivity contribution is -0.117. The van der Waals surface area contributed by atoms with Crippen molar-refractivity contribution in [3.05, 3.63) is 28.7 Å². The van der Waals surface area contributed by atoms with Gasteiger partial charge < -0.3 is 5.32 Å². The van der Waals surface area contributed by atoms with E-state index in [4.69, 9.17) is 0 Å². The molecule has 3 rings (SSSR count). The molecule has 0 aliphatic heterocycles. The Morgan fingerprint density at radius 1 is 1.33 bits per heavy atom. The van der Waals surface area contributed by atoms with E-state index >= 15 is 0 Å². The van der Waals surface area contributed by atoms with Crippen molar-refractivity contribution in [2.75, 3.05) is 5.32 Å². The molecule has 1 aromatic rings. The molecule has 1 aromatic carbocycles. The largest absolute Gasteiger partial charge is 0.326 e. The number of fused-ring (bicyclic) bond motifs is 2.